The van der Waals surface area contributed by atoms with Crippen LogP contribution in [0.15, 0.2) is 0 Å². The van der Waals surface area contributed by atoms with E-state index in [1.807, 2.05) is 13.8 Å². The highest BCUT2D eigenvalue weighted by atomic mass is 35.5. The smallest absolute Gasteiger partial charge is 0.155 e. The van der Waals surface area contributed by atoms with Crippen LogP contribution in [0.2, 0.25) is 5.15 Å². The molecule has 2 N–H and O–H groups in total. The maximum atomic E-state index is 9.92. The lowest BCUT2D eigenvalue weighted by atomic mass is 9.89. The number of aliphatic hydroxyl groups is 1. The second-order valence-electron chi connectivity index (χ2n) is 5.89. The quantitative estimate of drug-likeness (QED) is 0.884. The lowest BCUT2D eigenvalue weighted by molar-refractivity contribution is 0.132. The molecule has 1 heterocycles. The summed E-state index contributed by atoms with van der Waals surface area (Å²) in [6, 6.07) is 0. The second-order valence-corrected chi connectivity index (χ2v) is 6.25. The molecule has 0 spiro atoms. The number of rotatable bonds is 4. The molecule has 1 rings (SSSR count). The number of aromatic nitrogens is 2. The molecular weight excluding hydrogens is 250 g/mol. The van der Waals surface area contributed by atoms with Crippen LogP contribution in [0.5, 0.6) is 0 Å². The molecular formula is C13H22ClN3O. The van der Waals surface area contributed by atoms with E-state index in [0.717, 1.165) is 17.5 Å². The first kappa shape index (κ1) is 15.2. The van der Waals surface area contributed by atoms with Crippen molar-refractivity contribution in [3.8, 4) is 0 Å². The molecule has 0 saturated heterocycles. The van der Waals surface area contributed by atoms with Gasteiger partial charge in [0.2, 0.25) is 0 Å². The van der Waals surface area contributed by atoms with Gasteiger partial charge in [-0.2, -0.15) is 0 Å². The number of aliphatic hydroxyl groups excluding tert-OH is 1. The maximum Gasteiger partial charge on any atom is 0.155 e. The van der Waals surface area contributed by atoms with Crippen LogP contribution in [-0.4, -0.2) is 28.0 Å². The van der Waals surface area contributed by atoms with Gasteiger partial charge in [0.1, 0.15) is 0 Å². The molecule has 0 aliphatic heterocycles. The first-order valence-corrected chi connectivity index (χ1v) is 6.50. The van der Waals surface area contributed by atoms with E-state index < -0.39 is 6.10 Å². The summed E-state index contributed by atoms with van der Waals surface area (Å²) in [7, 11) is 0. The summed E-state index contributed by atoms with van der Waals surface area (Å²) in [5, 5.41) is 21.3. The molecule has 1 aromatic heterocycles. The Morgan fingerprint density at radius 2 is 1.83 bits per heavy atom. The van der Waals surface area contributed by atoms with Crippen LogP contribution in [-0.2, 0) is 0 Å². The van der Waals surface area contributed by atoms with Crippen LogP contribution >= 0.6 is 11.6 Å². The van der Waals surface area contributed by atoms with Crippen molar-refractivity contribution in [3.63, 3.8) is 0 Å². The van der Waals surface area contributed by atoms with Gasteiger partial charge in [-0.05, 0) is 36.8 Å². The Hall–Kier alpha value is -0.870. The van der Waals surface area contributed by atoms with Crippen LogP contribution in [0.1, 0.15) is 38.3 Å². The summed E-state index contributed by atoms with van der Waals surface area (Å²) < 4.78 is 0. The summed E-state index contributed by atoms with van der Waals surface area (Å²) in [5.74, 6) is 0.685. The van der Waals surface area contributed by atoms with E-state index in [1.165, 1.54) is 0 Å². The highest BCUT2D eigenvalue weighted by Crippen LogP contribution is 2.22. The first-order chi connectivity index (χ1) is 8.20. The molecule has 5 heteroatoms. The molecule has 1 unspecified atom stereocenters. The van der Waals surface area contributed by atoms with Crippen molar-refractivity contribution >= 4 is 17.4 Å². The van der Waals surface area contributed by atoms with Gasteiger partial charge in [0.15, 0.2) is 11.0 Å². The zero-order chi connectivity index (χ0) is 13.9. The number of nitrogens with zero attached hydrogens (tertiary/aromatic N) is 2. The van der Waals surface area contributed by atoms with Crippen LogP contribution in [0.4, 0.5) is 5.82 Å². The molecule has 0 saturated carbocycles. The topological polar surface area (TPSA) is 58.0 Å². The van der Waals surface area contributed by atoms with Crippen molar-refractivity contribution in [1.29, 1.82) is 0 Å². The fourth-order valence-electron chi connectivity index (χ4n) is 1.74. The highest BCUT2D eigenvalue weighted by molar-refractivity contribution is 6.30. The zero-order valence-electron chi connectivity index (χ0n) is 11.7. The third-order valence-electron chi connectivity index (χ3n) is 2.82. The van der Waals surface area contributed by atoms with E-state index in [0.29, 0.717) is 17.5 Å². The second kappa shape index (κ2) is 5.85. The monoisotopic (exact) mass is 271 g/mol. The van der Waals surface area contributed by atoms with E-state index in [1.54, 1.807) is 0 Å². The molecule has 4 nitrogen and oxygen atoms in total. The number of halogens is 1. The molecule has 1 atom stereocenters. The summed E-state index contributed by atoms with van der Waals surface area (Å²) in [4.78, 5) is 0. The highest BCUT2D eigenvalue weighted by Gasteiger charge is 2.17. The van der Waals surface area contributed by atoms with Gasteiger partial charge in [-0.25, -0.2) is 0 Å². The SMILES string of the molecule is Cc1c(Cl)nnc(NCC(O)CC(C)(C)C)c1C. The number of anilines is 1. The first-order valence-electron chi connectivity index (χ1n) is 6.12. The van der Waals surface area contributed by atoms with Gasteiger partial charge in [-0.1, -0.05) is 32.4 Å². The molecule has 102 valence electrons. The van der Waals surface area contributed by atoms with Gasteiger partial charge in [0.05, 0.1) is 6.10 Å². The summed E-state index contributed by atoms with van der Waals surface area (Å²) in [6.07, 6.45) is 0.334. The molecule has 0 aliphatic rings. The summed E-state index contributed by atoms with van der Waals surface area (Å²) in [5.41, 5.74) is 2.00. The van der Waals surface area contributed by atoms with Gasteiger partial charge in [0.25, 0.3) is 0 Å². The summed E-state index contributed by atoms with van der Waals surface area (Å²) >= 11 is 5.88. The molecule has 0 aromatic carbocycles. The van der Waals surface area contributed by atoms with Crippen LogP contribution < -0.4 is 5.32 Å². The standard InChI is InChI=1S/C13H22ClN3O/c1-8-9(2)12(17-16-11(8)14)15-7-10(18)6-13(3,4)5/h10,18H,6-7H2,1-5H3,(H,15,17). The Labute approximate surface area is 114 Å². The fourth-order valence-corrected chi connectivity index (χ4v) is 1.92. The van der Waals surface area contributed by atoms with Crippen molar-refractivity contribution < 1.29 is 5.11 Å². The zero-order valence-corrected chi connectivity index (χ0v) is 12.5. The largest absolute Gasteiger partial charge is 0.391 e. The summed E-state index contributed by atoms with van der Waals surface area (Å²) in [6.45, 7) is 10.6. The van der Waals surface area contributed by atoms with E-state index in [-0.39, 0.29) is 5.41 Å². The van der Waals surface area contributed by atoms with E-state index in [4.69, 9.17) is 11.6 Å². The number of hydrogen-bond donors (Lipinski definition) is 2. The fraction of sp³-hybridized carbons (Fsp3) is 0.692. The van der Waals surface area contributed by atoms with Gasteiger partial charge in [-0.3, -0.25) is 0 Å². The van der Waals surface area contributed by atoms with Crippen molar-refractivity contribution in [2.75, 3.05) is 11.9 Å². The third-order valence-corrected chi connectivity index (χ3v) is 3.18. The average Bonchev–Trinajstić information content (AvgIpc) is 2.22. The van der Waals surface area contributed by atoms with E-state index in [9.17, 15) is 5.11 Å². The van der Waals surface area contributed by atoms with Gasteiger partial charge < -0.3 is 10.4 Å². The molecule has 0 radical (unpaired) electrons. The lowest BCUT2D eigenvalue weighted by Crippen LogP contribution is -2.25. The van der Waals surface area contributed by atoms with Crippen molar-refractivity contribution in [1.82, 2.24) is 10.2 Å². The molecule has 0 fully saturated rings. The number of nitrogens with one attached hydrogen (secondary N) is 1. The maximum absolute atomic E-state index is 9.92. The van der Waals surface area contributed by atoms with E-state index in [2.05, 4.69) is 36.3 Å². The Bertz CT molecular complexity index is 415. The number of hydrogen-bond acceptors (Lipinski definition) is 4. The molecule has 18 heavy (non-hydrogen) atoms. The minimum Gasteiger partial charge on any atom is -0.391 e. The predicted molar refractivity (Wildman–Crippen MR) is 75.1 cm³/mol. The van der Waals surface area contributed by atoms with Gasteiger partial charge in [-0.15, -0.1) is 10.2 Å². The Balaban J connectivity index is 2.62. The Morgan fingerprint density at radius 3 is 2.39 bits per heavy atom. The lowest BCUT2D eigenvalue weighted by Gasteiger charge is -2.22. The van der Waals surface area contributed by atoms with Gasteiger partial charge in [0, 0.05) is 6.54 Å². The average molecular weight is 272 g/mol. The van der Waals surface area contributed by atoms with E-state index >= 15 is 0 Å². The molecule has 0 bridgehead atoms. The normalized spacial score (nSPS) is 13.5. The van der Waals surface area contributed by atoms with Crippen molar-refractivity contribution in [3.05, 3.63) is 16.3 Å². The Morgan fingerprint density at radius 1 is 1.22 bits per heavy atom. The minimum absolute atomic E-state index is 0.109. The van der Waals surface area contributed by atoms with Crippen molar-refractivity contribution in [2.45, 2.75) is 47.1 Å². The van der Waals surface area contributed by atoms with Crippen LogP contribution in [0.3, 0.4) is 0 Å². The van der Waals surface area contributed by atoms with Crippen LogP contribution in [0, 0.1) is 19.3 Å². The predicted octanol–water partition coefficient (Wildman–Crippen LogP) is 2.96. The third kappa shape index (κ3) is 4.42. The Kier molecular flexibility index (Phi) is 4.93. The van der Waals surface area contributed by atoms with Gasteiger partial charge >= 0.3 is 0 Å². The molecule has 0 amide bonds. The molecule has 1 aromatic rings. The molecule has 0 aliphatic carbocycles. The minimum atomic E-state index is -0.401. The van der Waals surface area contributed by atoms with Crippen LogP contribution in [0.25, 0.3) is 0 Å². The van der Waals surface area contributed by atoms with Crippen molar-refractivity contribution in [2.24, 2.45) is 5.41 Å².